The molecule has 4 atom stereocenters. The third-order valence-electron chi connectivity index (χ3n) is 5.55. The zero-order valence-corrected chi connectivity index (χ0v) is 21.9. The number of aliphatic carboxylic acids is 1. The predicted molar refractivity (Wildman–Crippen MR) is 144 cm³/mol. The van der Waals surface area contributed by atoms with Gasteiger partial charge in [0.25, 0.3) is 0 Å². The number of carboxylic acid groups (broad SMARTS) is 1. The topological polar surface area (TPSA) is 301 Å². The number of nitrogens with one attached hydrogen (secondary N) is 3. The van der Waals surface area contributed by atoms with Crippen molar-refractivity contribution < 1.29 is 33.9 Å². The summed E-state index contributed by atoms with van der Waals surface area (Å²) in [6, 6.07) is 3.27. The molecule has 0 aromatic heterocycles. The molecule has 220 valence electrons. The lowest BCUT2D eigenvalue weighted by molar-refractivity contribution is -0.143. The molecule has 16 heteroatoms. The maximum atomic E-state index is 13.3. The molecule has 5 amide bonds. The van der Waals surface area contributed by atoms with E-state index in [1.165, 1.54) is 0 Å². The molecule has 0 aliphatic carbocycles. The molecule has 0 aliphatic rings. The number of primary amides is 2. The summed E-state index contributed by atoms with van der Waals surface area (Å²) in [5.74, 6) is -5.67. The summed E-state index contributed by atoms with van der Waals surface area (Å²) in [5.41, 5.74) is 27.3. The average Bonchev–Trinajstić information content (AvgIpc) is 2.87. The molecule has 0 aliphatic heterocycles. The van der Waals surface area contributed by atoms with E-state index in [4.69, 9.17) is 28.7 Å². The monoisotopic (exact) mass is 563 g/mol. The van der Waals surface area contributed by atoms with Crippen molar-refractivity contribution in [1.82, 2.24) is 16.0 Å². The number of carbonyl (C=O) groups is 6. The summed E-state index contributed by atoms with van der Waals surface area (Å²) in [7, 11) is 0. The Bertz CT molecular complexity index is 1080. The molecule has 0 bridgehead atoms. The van der Waals surface area contributed by atoms with Crippen molar-refractivity contribution in [3.8, 4) is 0 Å². The SMILES string of the molecule is NC(=O)CCC(N)C(=O)NC(CCCN=C(N)N)C(=O)NC(Cc1ccccc1)C(=O)NC(CC(N)=O)C(=O)O. The van der Waals surface area contributed by atoms with Gasteiger partial charge in [-0.25, -0.2) is 4.79 Å². The second kappa shape index (κ2) is 17.0. The van der Waals surface area contributed by atoms with Gasteiger partial charge in [-0.05, 0) is 24.8 Å². The Balaban J connectivity index is 3.16. The van der Waals surface area contributed by atoms with Crippen LogP contribution in [0.2, 0.25) is 0 Å². The van der Waals surface area contributed by atoms with Crippen LogP contribution in [0.5, 0.6) is 0 Å². The molecule has 0 heterocycles. The minimum absolute atomic E-state index is 0.0377. The zero-order chi connectivity index (χ0) is 30.2. The maximum absolute atomic E-state index is 13.3. The van der Waals surface area contributed by atoms with Gasteiger partial charge in [-0.15, -0.1) is 0 Å². The lowest BCUT2D eigenvalue weighted by Gasteiger charge is -2.25. The summed E-state index contributed by atoms with van der Waals surface area (Å²) < 4.78 is 0. The van der Waals surface area contributed by atoms with Crippen LogP contribution in [0.4, 0.5) is 0 Å². The van der Waals surface area contributed by atoms with Crippen molar-refractivity contribution >= 4 is 41.5 Å². The summed E-state index contributed by atoms with van der Waals surface area (Å²) in [6.07, 6.45) is -0.629. The molecule has 40 heavy (non-hydrogen) atoms. The molecule has 14 N–H and O–H groups in total. The highest BCUT2D eigenvalue weighted by Crippen LogP contribution is 2.07. The van der Waals surface area contributed by atoms with Crippen LogP contribution in [0.3, 0.4) is 0 Å². The molecular weight excluding hydrogens is 526 g/mol. The second-order valence-corrected chi connectivity index (χ2v) is 8.94. The first-order chi connectivity index (χ1) is 18.8. The lowest BCUT2D eigenvalue weighted by atomic mass is 10.0. The highest BCUT2D eigenvalue weighted by Gasteiger charge is 2.31. The highest BCUT2D eigenvalue weighted by molar-refractivity contribution is 5.95. The van der Waals surface area contributed by atoms with E-state index in [-0.39, 0.29) is 44.6 Å². The molecule has 0 fully saturated rings. The van der Waals surface area contributed by atoms with E-state index < -0.39 is 66.1 Å². The molecule has 0 saturated carbocycles. The number of nitrogens with zero attached hydrogens (tertiary/aromatic N) is 1. The highest BCUT2D eigenvalue weighted by atomic mass is 16.4. The molecule has 1 aromatic rings. The van der Waals surface area contributed by atoms with Gasteiger partial charge in [0.2, 0.25) is 29.5 Å². The molecule has 1 rings (SSSR count). The first-order valence-electron chi connectivity index (χ1n) is 12.4. The summed E-state index contributed by atoms with van der Waals surface area (Å²) >= 11 is 0. The van der Waals surface area contributed by atoms with Crippen LogP contribution in [0.25, 0.3) is 0 Å². The van der Waals surface area contributed by atoms with E-state index in [0.29, 0.717) is 5.56 Å². The summed E-state index contributed by atoms with van der Waals surface area (Å²) in [5, 5.41) is 16.6. The number of benzene rings is 1. The van der Waals surface area contributed by atoms with Gasteiger partial charge in [-0.3, -0.25) is 29.0 Å². The largest absolute Gasteiger partial charge is 0.480 e. The fraction of sp³-hybridized carbons (Fsp3) is 0.458. The standard InChI is InChI=1S/C24H37N9O7/c25-14(8-9-18(26)34)20(36)31-15(7-4-10-30-24(28)29)21(37)32-16(11-13-5-2-1-3-6-13)22(38)33-17(23(39)40)12-19(27)35/h1-3,5-6,14-17H,4,7-12,25H2,(H2,26,34)(H2,27,35)(H,31,36)(H,32,37)(H,33,38)(H,39,40)(H4,28,29,30). The Morgan fingerprint density at radius 3 is 1.90 bits per heavy atom. The van der Waals surface area contributed by atoms with Crippen LogP contribution in [0.15, 0.2) is 35.3 Å². The van der Waals surface area contributed by atoms with Gasteiger partial charge >= 0.3 is 5.97 Å². The fourth-order valence-electron chi connectivity index (χ4n) is 3.48. The van der Waals surface area contributed by atoms with Crippen molar-refractivity contribution in [2.75, 3.05) is 6.54 Å². The molecular formula is C24H37N9O7. The van der Waals surface area contributed by atoms with Crippen molar-refractivity contribution in [2.45, 2.75) is 62.7 Å². The molecule has 0 radical (unpaired) electrons. The van der Waals surface area contributed by atoms with Gasteiger partial charge in [0.1, 0.15) is 18.1 Å². The van der Waals surface area contributed by atoms with E-state index in [0.717, 1.165) is 0 Å². The number of amides is 5. The van der Waals surface area contributed by atoms with Gasteiger partial charge < -0.3 is 49.7 Å². The molecule has 16 nitrogen and oxygen atoms in total. The number of guanidine groups is 1. The Morgan fingerprint density at radius 1 is 0.775 bits per heavy atom. The van der Waals surface area contributed by atoms with Crippen LogP contribution < -0.4 is 44.6 Å². The van der Waals surface area contributed by atoms with Gasteiger partial charge in [0.05, 0.1) is 12.5 Å². The van der Waals surface area contributed by atoms with Crippen LogP contribution in [0.1, 0.15) is 37.7 Å². The Hall–Kier alpha value is -4.73. The molecule has 0 saturated heterocycles. The Labute approximate surface area is 230 Å². The number of aliphatic imine (C=N–C) groups is 1. The van der Waals surface area contributed by atoms with Crippen molar-refractivity contribution in [3.63, 3.8) is 0 Å². The fourth-order valence-corrected chi connectivity index (χ4v) is 3.48. The summed E-state index contributed by atoms with van der Waals surface area (Å²) in [6.45, 7) is 0.136. The number of carbonyl (C=O) groups excluding carboxylic acids is 5. The van der Waals surface area contributed by atoms with Crippen LogP contribution in [-0.4, -0.2) is 77.3 Å². The van der Waals surface area contributed by atoms with Crippen LogP contribution >= 0.6 is 0 Å². The normalized spacial score (nSPS) is 13.5. The molecule has 0 spiro atoms. The first-order valence-corrected chi connectivity index (χ1v) is 12.4. The quantitative estimate of drug-likeness (QED) is 0.0478. The maximum Gasteiger partial charge on any atom is 0.326 e. The van der Waals surface area contributed by atoms with Gasteiger partial charge in [0, 0.05) is 19.4 Å². The van der Waals surface area contributed by atoms with E-state index in [1.807, 2.05) is 0 Å². The Kier molecular flexibility index (Phi) is 14.1. The van der Waals surface area contributed by atoms with Crippen LogP contribution in [-0.2, 0) is 35.2 Å². The van der Waals surface area contributed by atoms with Gasteiger partial charge in [-0.1, -0.05) is 30.3 Å². The average molecular weight is 564 g/mol. The third kappa shape index (κ3) is 13.2. The number of hydrogen-bond acceptors (Lipinski definition) is 8. The lowest BCUT2D eigenvalue weighted by Crippen LogP contribution is -2.58. The minimum Gasteiger partial charge on any atom is -0.480 e. The van der Waals surface area contributed by atoms with Crippen molar-refractivity contribution in [1.29, 1.82) is 0 Å². The number of nitrogens with two attached hydrogens (primary N) is 5. The number of hydrogen-bond donors (Lipinski definition) is 9. The van der Waals surface area contributed by atoms with E-state index in [2.05, 4.69) is 20.9 Å². The predicted octanol–water partition coefficient (Wildman–Crippen LogP) is -3.71. The van der Waals surface area contributed by atoms with E-state index >= 15 is 0 Å². The first kappa shape index (κ1) is 33.3. The Morgan fingerprint density at radius 2 is 1.35 bits per heavy atom. The summed E-state index contributed by atoms with van der Waals surface area (Å²) in [4.78, 5) is 76.7. The van der Waals surface area contributed by atoms with Crippen molar-refractivity contribution in [2.24, 2.45) is 33.7 Å². The number of carboxylic acids is 1. The van der Waals surface area contributed by atoms with E-state index in [1.54, 1.807) is 30.3 Å². The van der Waals surface area contributed by atoms with E-state index in [9.17, 15) is 33.9 Å². The second-order valence-electron chi connectivity index (χ2n) is 8.94. The minimum atomic E-state index is -1.63. The third-order valence-corrected chi connectivity index (χ3v) is 5.55. The van der Waals surface area contributed by atoms with Gasteiger partial charge in [0.15, 0.2) is 5.96 Å². The molecule has 4 unspecified atom stereocenters. The zero-order valence-electron chi connectivity index (χ0n) is 21.9. The molecule has 1 aromatic carbocycles. The van der Waals surface area contributed by atoms with Crippen LogP contribution in [0, 0.1) is 0 Å². The smallest absolute Gasteiger partial charge is 0.326 e. The van der Waals surface area contributed by atoms with Crippen molar-refractivity contribution in [3.05, 3.63) is 35.9 Å². The number of rotatable bonds is 18. The van der Waals surface area contributed by atoms with Gasteiger partial charge in [-0.2, -0.15) is 0 Å².